The summed E-state index contributed by atoms with van der Waals surface area (Å²) in [5.41, 5.74) is 1.27. The molecule has 0 spiro atoms. The quantitative estimate of drug-likeness (QED) is 0.809. The van der Waals surface area contributed by atoms with Crippen LogP contribution >= 0.6 is 0 Å². The summed E-state index contributed by atoms with van der Waals surface area (Å²) in [5, 5.41) is 8.92. The summed E-state index contributed by atoms with van der Waals surface area (Å²) in [6.45, 7) is 3.15. The van der Waals surface area contributed by atoms with Crippen LogP contribution in [0.1, 0.15) is 44.6 Å². The third-order valence-electron chi connectivity index (χ3n) is 3.59. The highest BCUT2D eigenvalue weighted by Gasteiger charge is 2.22. The van der Waals surface area contributed by atoms with Crippen LogP contribution in [0.15, 0.2) is 18.2 Å². The minimum Gasteiger partial charge on any atom is -0.368 e. The number of piperidine rings is 1. The lowest BCUT2D eigenvalue weighted by Gasteiger charge is -2.37. The van der Waals surface area contributed by atoms with Gasteiger partial charge in [-0.05, 0) is 43.9 Å². The summed E-state index contributed by atoms with van der Waals surface area (Å²) in [5.74, 6) is -0.315. The van der Waals surface area contributed by atoms with Crippen molar-refractivity contribution in [2.45, 2.75) is 45.1 Å². The summed E-state index contributed by atoms with van der Waals surface area (Å²) in [7, 11) is 0. The van der Waals surface area contributed by atoms with Gasteiger partial charge in [0.1, 0.15) is 5.82 Å². The molecule has 1 aromatic rings. The van der Waals surface area contributed by atoms with E-state index in [1.165, 1.54) is 18.9 Å². The molecule has 1 aromatic carbocycles. The number of benzene rings is 1. The van der Waals surface area contributed by atoms with Gasteiger partial charge in [0.2, 0.25) is 0 Å². The summed E-state index contributed by atoms with van der Waals surface area (Å²) >= 11 is 0. The average Bonchev–Trinajstić information content (AvgIpc) is 2.39. The number of rotatable bonds is 3. The van der Waals surface area contributed by atoms with Crippen LogP contribution in [0.5, 0.6) is 0 Å². The lowest BCUT2D eigenvalue weighted by molar-refractivity contribution is 0.434. The number of anilines is 1. The molecule has 0 aromatic heterocycles. The zero-order chi connectivity index (χ0) is 13.0. The van der Waals surface area contributed by atoms with Gasteiger partial charge in [-0.15, -0.1) is 0 Å². The van der Waals surface area contributed by atoms with Gasteiger partial charge in [-0.2, -0.15) is 5.26 Å². The van der Waals surface area contributed by atoms with Crippen LogP contribution in [-0.2, 0) is 0 Å². The van der Waals surface area contributed by atoms with E-state index in [1.54, 1.807) is 12.1 Å². The Kier molecular flexibility index (Phi) is 4.19. The SMILES string of the molecule is CCCC1CCCCN1c1cc(F)cc(C#N)c1. The second kappa shape index (κ2) is 5.86. The molecule has 1 heterocycles. The first-order valence-electron chi connectivity index (χ1n) is 6.72. The predicted molar refractivity (Wildman–Crippen MR) is 71.0 cm³/mol. The minimum absolute atomic E-state index is 0.315. The standard InChI is InChI=1S/C15H19FN2/c1-2-5-14-6-3-4-7-18(14)15-9-12(11-17)8-13(16)10-15/h8-10,14H,2-7H2,1H3. The van der Waals surface area contributed by atoms with Crippen molar-refractivity contribution in [3.05, 3.63) is 29.6 Å². The Balaban J connectivity index is 2.27. The molecule has 1 saturated heterocycles. The van der Waals surface area contributed by atoms with Gasteiger partial charge in [-0.3, -0.25) is 0 Å². The molecule has 1 fully saturated rings. The van der Waals surface area contributed by atoms with Crippen molar-refractivity contribution in [1.82, 2.24) is 0 Å². The van der Waals surface area contributed by atoms with E-state index in [0.717, 1.165) is 31.5 Å². The third kappa shape index (κ3) is 2.81. The van der Waals surface area contributed by atoms with Crippen LogP contribution in [-0.4, -0.2) is 12.6 Å². The molecule has 1 aliphatic heterocycles. The molecule has 0 saturated carbocycles. The van der Waals surface area contributed by atoms with Gasteiger partial charge in [0.25, 0.3) is 0 Å². The highest BCUT2D eigenvalue weighted by Crippen LogP contribution is 2.28. The van der Waals surface area contributed by atoms with Crippen LogP contribution < -0.4 is 4.90 Å². The first kappa shape index (κ1) is 12.9. The lowest BCUT2D eigenvalue weighted by atomic mass is 9.97. The van der Waals surface area contributed by atoms with E-state index in [1.807, 2.05) is 6.07 Å². The first-order chi connectivity index (χ1) is 8.74. The summed E-state index contributed by atoms with van der Waals surface area (Å²) < 4.78 is 13.5. The van der Waals surface area contributed by atoms with Gasteiger partial charge in [0.05, 0.1) is 11.6 Å². The van der Waals surface area contributed by atoms with Crippen molar-refractivity contribution in [3.63, 3.8) is 0 Å². The fourth-order valence-electron chi connectivity index (χ4n) is 2.78. The van der Waals surface area contributed by atoms with Crippen molar-refractivity contribution in [1.29, 1.82) is 5.26 Å². The van der Waals surface area contributed by atoms with Crippen molar-refractivity contribution < 1.29 is 4.39 Å². The fraction of sp³-hybridized carbons (Fsp3) is 0.533. The van der Waals surface area contributed by atoms with E-state index in [4.69, 9.17) is 5.26 Å². The van der Waals surface area contributed by atoms with E-state index >= 15 is 0 Å². The molecule has 0 N–H and O–H groups in total. The molecule has 1 atom stereocenters. The number of nitriles is 1. The minimum atomic E-state index is -0.315. The Morgan fingerprint density at radius 3 is 2.94 bits per heavy atom. The number of halogens is 1. The van der Waals surface area contributed by atoms with E-state index in [0.29, 0.717) is 11.6 Å². The molecule has 0 bridgehead atoms. The maximum absolute atomic E-state index is 13.5. The van der Waals surface area contributed by atoms with Gasteiger partial charge in [0, 0.05) is 18.3 Å². The molecular formula is C15H19FN2. The number of nitrogens with zero attached hydrogens (tertiary/aromatic N) is 2. The molecule has 96 valence electrons. The molecule has 3 heteroatoms. The maximum Gasteiger partial charge on any atom is 0.126 e. The molecule has 2 rings (SSSR count). The number of hydrogen-bond donors (Lipinski definition) is 0. The molecule has 18 heavy (non-hydrogen) atoms. The van der Waals surface area contributed by atoms with Crippen LogP contribution in [0.25, 0.3) is 0 Å². The van der Waals surface area contributed by atoms with Gasteiger partial charge < -0.3 is 4.90 Å². The topological polar surface area (TPSA) is 27.0 Å². The van der Waals surface area contributed by atoms with Crippen LogP contribution in [0.3, 0.4) is 0 Å². The predicted octanol–water partition coefficient (Wildman–Crippen LogP) is 3.86. The van der Waals surface area contributed by atoms with E-state index < -0.39 is 0 Å². The monoisotopic (exact) mass is 246 g/mol. The third-order valence-corrected chi connectivity index (χ3v) is 3.59. The molecule has 1 aliphatic rings. The fourth-order valence-corrected chi connectivity index (χ4v) is 2.78. The van der Waals surface area contributed by atoms with Crippen LogP contribution in [0, 0.1) is 17.1 Å². The summed E-state index contributed by atoms with van der Waals surface area (Å²) in [6.07, 6.45) is 5.85. The van der Waals surface area contributed by atoms with Crippen LogP contribution in [0.4, 0.5) is 10.1 Å². The van der Waals surface area contributed by atoms with Crippen molar-refractivity contribution in [2.24, 2.45) is 0 Å². The van der Waals surface area contributed by atoms with Gasteiger partial charge >= 0.3 is 0 Å². The first-order valence-corrected chi connectivity index (χ1v) is 6.72. The van der Waals surface area contributed by atoms with E-state index in [-0.39, 0.29) is 5.82 Å². The second-order valence-electron chi connectivity index (χ2n) is 4.94. The zero-order valence-corrected chi connectivity index (χ0v) is 10.8. The zero-order valence-electron chi connectivity index (χ0n) is 10.8. The lowest BCUT2D eigenvalue weighted by Crippen LogP contribution is -2.39. The van der Waals surface area contributed by atoms with Gasteiger partial charge in [0.15, 0.2) is 0 Å². The van der Waals surface area contributed by atoms with E-state index in [9.17, 15) is 4.39 Å². The normalized spacial score (nSPS) is 19.6. The maximum atomic E-state index is 13.5. The smallest absolute Gasteiger partial charge is 0.126 e. The number of hydrogen-bond acceptors (Lipinski definition) is 2. The van der Waals surface area contributed by atoms with Crippen molar-refractivity contribution in [2.75, 3.05) is 11.4 Å². The van der Waals surface area contributed by atoms with Crippen molar-refractivity contribution >= 4 is 5.69 Å². The van der Waals surface area contributed by atoms with E-state index in [2.05, 4.69) is 11.8 Å². The summed E-state index contributed by atoms with van der Waals surface area (Å²) in [4.78, 5) is 2.27. The van der Waals surface area contributed by atoms with Gasteiger partial charge in [-0.25, -0.2) is 4.39 Å². The Morgan fingerprint density at radius 2 is 2.22 bits per heavy atom. The molecule has 0 radical (unpaired) electrons. The second-order valence-corrected chi connectivity index (χ2v) is 4.94. The Hall–Kier alpha value is -1.56. The highest BCUT2D eigenvalue weighted by molar-refractivity contribution is 5.53. The van der Waals surface area contributed by atoms with Crippen LogP contribution in [0.2, 0.25) is 0 Å². The Labute approximate surface area is 108 Å². The summed E-state index contributed by atoms with van der Waals surface area (Å²) in [6, 6.07) is 7.17. The Bertz CT molecular complexity index is 448. The average molecular weight is 246 g/mol. The molecule has 0 aliphatic carbocycles. The molecule has 1 unspecified atom stereocenters. The molecule has 0 amide bonds. The Morgan fingerprint density at radius 1 is 1.39 bits per heavy atom. The molecule has 2 nitrogen and oxygen atoms in total. The highest BCUT2D eigenvalue weighted by atomic mass is 19.1. The van der Waals surface area contributed by atoms with Crippen molar-refractivity contribution in [3.8, 4) is 6.07 Å². The largest absolute Gasteiger partial charge is 0.368 e. The molecular weight excluding hydrogens is 227 g/mol. The van der Waals surface area contributed by atoms with Gasteiger partial charge in [-0.1, -0.05) is 13.3 Å².